The van der Waals surface area contributed by atoms with Crippen molar-refractivity contribution in [2.45, 2.75) is 59.2 Å². The standard InChI is InChI=1S/C20H33N3O/c1-15(2)11-19(21)20(24)22-12-17-8-4-5-9-18(17)14-23-10-6-7-16(3)13-23/h4-5,8-9,15-16,19H,6-7,10-14,21H2,1-3H3,(H,22,24)/t16?,19-/m0/s1. The van der Waals surface area contributed by atoms with E-state index < -0.39 is 6.04 Å². The number of nitrogens with zero attached hydrogens (tertiary/aromatic N) is 1. The van der Waals surface area contributed by atoms with Gasteiger partial charge in [0.05, 0.1) is 6.04 Å². The van der Waals surface area contributed by atoms with Crippen LogP contribution in [-0.2, 0) is 17.9 Å². The van der Waals surface area contributed by atoms with E-state index in [1.807, 2.05) is 6.07 Å². The molecule has 1 aliphatic heterocycles. The molecule has 0 spiro atoms. The normalized spacial score (nSPS) is 20.1. The molecule has 0 bridgehead atoms. The third kappa shape index (κ3) is 5.91. The van der Waals surface area contributed by atoms with Gasteiger partial charge in [0.1, 0.15) is 0 Å². The van der Waals surface area contributed by atoms with Gasteiger partial charge in [-0.15, -0.1) is 0 Å². The van der Waals surface area contributed by atoms with Crippen molar-refractivity contribution in [2.24, 2.45) is 17.6 Å². The van der Waals surface area contributed by atoms with E-state index in [9.17, 15) is 4.79 Å². The fourth-order valence-corrected chi connectivity index (χ4v) is 3.48. The summed E-state index contributed by atoms with van der Waals surface area (Å²) in [5, 5.41) is 3.01. The maximum Gasteiger partial charge on any atom is 0.237 e. The van der Waals surface area contributed by atoms with E-state index in [2.05, 4.69) is 49.2 Å². The molecule has 0 aromatic heterocycles. The molecule has 0 saturated carbocycles. The molecule has 1 unspecified atom stereocenters. The molecule has 4 heteroatoms. The zero-order valence-electron chi connectivity index (χ0n) is 15.4. The van der Waals surface area contributed by atoms with Crippen LogP contribution in [-0.4, -0.2) is 29.9 Å². The Labute approximate surface area is 146 Å². The van der Waals surface area contributed by atoms with Gasteiger partial charge >= 0.3 is 0 Å². The average molecular weight is 332 g/mol. The highest BCUT2D eigenvalue weighted by Gasteiger charge is 2.18. The molecule has 1 heterocycles. The second-order valence-corrected chi connectivity index (χ2v) is 7.71. The van der Waals surface area contributed by atoms with Crippen molar-refractivity contribution in [3.05, 3.63) is 35.4 Å². The van der Waals surface area contributed by atoms with E-state index in [0.717, 1.165) is 18.9 Å². The molecular weight excluding hydrogens is 298 g/mol. The number of carbonyl (C=O) groups is 1. The summed E-state index contributed by atoms with van der Waals surface area (Å²) in [6, 6.07) is 7.99. The molecule has 134 valence electrons. The minimum atomic E-state index is -0.417. The van der Waals surface area contributed by atoms with Gasteiger partial charge in [-0.1, -0.05) is 45.0 Å². The molecule has 4 nitrogen and oxygen atoms in total. The molecule has 1 aromatic rings. The highest BCUT2D eigenvalue weighted by Crippen LogP contribution is 2.19. The quantitative estimate of drug-likeness (QED) is 0.808. The van der Waals surface area contributed by atoms with Crippen LogP contribution >= 0.6 is 0 Å². The summed E-state index contributed by atoms with van der Waals surface area (Å²) < 4.78 is 0. The first-order chi connectivity index (χ1) is 11.5. The predicted molar refractivity (Wildman–Crippen MR) is 99.4 cm³/mol. The first-order valence-electron chi connectivity index (χ1n) is 9.28. The molecule has 2 atom stereocenters. The van der Waals surface area contributed by atoms with Gasteiger partial charge in [0.25, 0.3) is 0 Å². The van der Waals surface area contributed by atoms with Crippen molar-refractivity contribution in [3.63, 3.8) is 0 Å². The SMILES string of the molecule is CC(C)C[C@H](N)C(=O)NCc1ccccc1CN1CCCC(C)C1. The van der Waals surface area contributed by atoms with Crippen LogP contribution < -0.4 is 11.1 Å². The number of hydrogen-bond acceptors (Lipinski definition) is 3. The van der Waals surface area contributed by atoms with Gasteiger partial charge in [0, 0.05) is 19.6 Å². The van der Waals surface area contributed by atoms with Gasteiger partial charge in [-0.3, -0.25) is 9.69 Å². The second kappa shape index (κ2) is 9.19. The van der Waals surface area contributed by atoms with Crippen LogP contribution in [0.5, 0.6) is 0 Å². The van der Waals surface area contributed by atoms with Crippen LogP contribution in [0.25, 0.3) is 0 Å². The highest BCUT2D eigenvalue weighted by atomic mass is 16.2. The van der Waals surface area contributed by atoms with Gasteiger partial charge in [0.2, 0.25) is 5.91 Å². The summed E-state index contributed by atoms with van der Waals surface area (Å²) in [6.07, 6.45) is 3.34. The molecule has 3 N–H and O–H groups in total. The lowest BCUT2D eigenvalue weighted by Gasteiger charge is -2.31. The van der Waals surface area contributed by atoms with Crippen LogP contribution in [0.1, 0.15) is 51.2 Å². The summed E-state index contributed by atoms with van der Waals surface area (Å²) in [5.74, 6) is 1.16. The van der Waals surface area contributed by atoms with Crippen LogP contribution in [0.15, 0.2) is 24.3 Å². The summed E-state index contributed by atoms with van der Waals surface area (Å²) in [6.45, 7) is 10.4. The Morgan fingerprint density at radius 1 is 1.33 bits per heavy atom. The van der Waals surface area contributed by atoms with Gasteiger partial charge in [0.15, 0.2) is 0 Å². The van der Waals surface area contributed by atoms with Crippen molar-refractivity contribution < 1.29 is 4.79 Å². The number of nitrogens with two attached hydrogens (primary N) is 1. The molecule has 2 rings (SSSR count). The number of nitrogens with one attached hydrogen (secondary N) is 1. The van der Waals surface area contributed by atoms with Gasteiger partial charge in [-0.05, 0) is 48.8 Å². The van der Waals surface area contributed by atoms with E-state index in [0.29, 0.717) is 12.5 Å². The molecule has 1 amide bonds. The Bertz CT molecular complexity index is 529. The Morgan fingerprint density at radius 3 is 2.71 bits per heavy atom. The highest BCUT2D eigenvalue weighted by molar-refractivity contribution is 5.81. The molecule has 1 aliphatic rings. The summed E-state index contributed by atoms with van der Waals surface area (Å²) in [7, 11) is 0. The fourth-order valence-electron chi connectivity index (χ4n) is 3.48. The molecule has 0 aliphatic carbocycles. The van der Waals surface area contributed by atoms with E-state index in [-0.39, 0.29) is 5.91 Å². The Balaban J connectivity index is 1.92. The minimum absolute atomic E-state index is 0.0508. The number of carbonyl (C=O) groups excluding carboxylic acids is 1. The van der Waals surface area contributed by atoms with Gasteiger partial charge in [-0.2, -0.15) is 0 Å². The Kier molecular flexibility index (Phi) is 7.25. The number of likely N-dealkylation sites (tertiary alicyclic amines) is 1. The zero-order chi connectivity index (χ0) is 17.5. The smallest absolute Gasteiger partial charge is 0.237 e. The Morgan fingerprint density at radius 2 is 2.04 bits per heavy atom. The van der Waals surface area contributed by atoms with Crippen molar-refractivity contribution in [1.29, 1.82) is 0 Å². The van der Waals surface area contributed by atoms with Crippen LogP contribution in [0.3, 0.4) is 0 Å². The van der Waals surface area contributed by atoms with E-state index in [4.69, 9.17) is 5.73 Å². The number of amides is 1. The largest absolute Gasteiger partial charge is 0.351 e. The zero-order valence-corrected chi connectivity index (χ0v) is 15.4. The van der Waals surface area contributed by atoms with Crippen molar-refractivity contribution in [1.82, 2.24) is 10.2 Å². The van der Waals surface area contributed by atoms with Crippen LogP contribution in [0.2, 0.25) is 0 Å². The summed E-state index contributed by atoms with van der Waals surface area (Å²) in [4.78, 5) is 14.7. The maximum atomic E-state index is 12.1. The molecule has 0 radical (unpaired) electrons. The van der Waals surface area contributed by atoms with Crippen molar-refractivity contribution >= 4 is 5.91 Å². The second-order valence-electron chi connectivity index (χ2n) is 7.71. The summed E-state index contributed by atoms with van der Waals surface area (Å²) >= 11 is 0. The predicted octanol–water partition coefficient (Wildman–Crippen LogP) is 2.91. The number of hydrogen-bond donors (Lipinski definition) is 2. The van der Waals surface area contributed by atoms with Gasteiger partial charge < -0.3 is 11.1 Å². The fraction of sp³-hybridized carbons (Fsp3) is 0.650. The van der Waals surface area contributed by atoms with E-state index >= 15 is 0 Å². The third-order valence-electron chi connectivity index (χ3n) is 4.77. The van der Waals surface area contributed by atoms with Gasteiger partial charge in [-0.25, -0.2) is 0 Å². The topological polar surface area (TPSA) is 58.4 Å². The number of piperidine rings is 1. The van der Waals surface area contributed by atoms with E-state index in [1.54, 1.807) is 0 Å². The van der Waals surface area contributed by atoms with Crippen molar-refractivity contribution in [3.8, 4) is 0 Å². The number of rotatable bonds is 7. The van der Waals surface area contributed by atoms with Crippen LogP contribution in [0.4, 0.5) is 0 Å². The molecule has 24 heavy (non-hydrogen) atoms. The lowest BCUT2D eigenvalue weighted by atomic mass is 9.99. The first kappa shape index (κ1) is 18.9. The molecule has 1 aromatic carbocycles. The first-order valence-corrected chi connectivity index (χ1v) is 9.28. The van der Waals surface area contributed by atoms with Crippen molar-refractivity contribution in [2.75, 3.05) is 13.1 Å². The minimum Gasteiger partial charge on any atom is -0.351 e. The third-order valence-corrected chi connectivity index (χ3v) is 4.77. The monoisotopic (exact) mass is 331 g/mol. The molecular formula is C20H33N3O. The molecule has 1 fully saturated rings. The number of benzene rings is 1. The summed E-state index contributed by atoms with van der Waals surface area (Å²) in [5.41, 5.74) is 8.47. The van der Waals surface area contributed by atoms with Crippen LogP contribution in [0, 0.1) is 11.8 Å². The maximum absolute atomic E-state index is 12.1. The Hall–Kier alpha value is -1.39. The molecule has 1 saturated heterocycles. The average Bonchev–Trinajstić information content (AvgIpc) is 2.53. The van der Waals surface area contributed by atoms with E-state index in [1.165, 1.54) is 37.1 Å². The lowest BCUT2D eigenvalue weighted by Crippen LogP contribution is -2.41. The lowest BCUT2D eigenvalue weighted by molar-refractivity contribution is -0.122.